The van der Waals surface area contributed by atoms with E-state index in [1.165, 1.54) is 0 Å². The number of benzene rings is 1. The van der Waals surface area contributed by atoms with Crippen molar-refractivity contribution >= 4 is 18.9 Å². The molecule has 6 heteroatoms. The lowest BCUT2D eigenvalue weighted by atomic mass is 9.77. The Kier molecular flexibility index (Phi) is 5.09. The fourth-order valence-corrected chi connectivity index (χ4v) is 2.41. The highest BCUT2D eigenvalue weighted by Crippen LogP contribution is 2.39. The zero-order valence-electron chi connectivity index (χ0n) is 14.9. The molecule has 5 nitrogen and oxygen atoms in total. The number of anilines is 1. The minimum absolute atomic E-state index is 0.371. The van der Waals surface area contributed by atoms with Crippen LogP contribution in [0.25, 0.3) is 6.08 Å². The third kappa shape index (κ3) is 3.71. The maximum Gasteiger partial charge on any atom is 0.491 e. The Morgan fingerprint density at radius 1 is 1.26 bits per heavy atom. The Hall–Kier alpha value is -1.50. The maximum absolute atomic E-state index is 6.14. The van der Waals surface area contributed by atoms with E-state index in [4.69, 9.17) is 19.8 Å². The molecule has 3 N–H and O–H groups in total. The van der Waals surface area contributed by atoms with Gasteiger partial charge in [0, 0.05) is 17.8 Å². The molecule has 0 radical (unpaired) electrons. The Bertz CT molecular complexity index is 584. The maximum atomic E-state index is 6.14. The fourth-order valence-electron chi connectivity index (χ4n) is 2.41. The van der Waals surface area contributed by atoms with Crippen molar-refractivity contribution in [1.29, 1.82) is 0 Å². The van der Waals surface area contributed by atoms with E-state index in [0.29, 0.717) is 12.2 Å². The Balaban J connectivity index is 2.36. The van der Waals surface area contributed by atoms with Crippen molar-refractivity contribution in [3.63, 3.8) is 0 Å². The van der Waals surface area contributed by atoms with Crippen LogP contribution in [0.5, 0.6) is 5.75 Å². The average molecular weight is 318 g/mol. The number of likely N-dealkylation sites (N-methyl/N-ethyl adjacent to an activating group) is 1. The molecule has 126 valence electrons. The number of rotatable bonds is 5. The van der Waals surface area contributed by atoms with Crippen molar-refractivity contribution in [2.24, 2.45) is 0 Å². The van der Waals surface area contributed by atoms with Crippen molar-refractivity contribution in [3.05, 3.63) is 29.2 Å². The van der Waals surface area contributed by atoms with Gasteiger partial charge in [-0.1, -0.05) is 6.08 Å². The summed E-state index contributed by atoms with van der Waals surface area (Å²) in [6.07, 6.45) is 2.01. The number of nitrogen functional groups attached to an aromatic ring is 1. The Morgan fingerprint density at radius 3 is 2.39 bits per heavy atom. The molecular formula is C17H27BN2O3. The van der Waals surface area contributed by atoms with Crippen LogP contribution in [0.2, 0.25) is 0 Å². The normalized spacial score (nSPS) is 19.9. The molecule has 0 amide bonds. The standard InChI is InChI=1S/C17H27BN2O3/c1-16(2)17(3,4)23-18(22-16)13(11-20-5)9-12-10-14(21-6)7-8-15(12)19/h7-10,20H,11,19H2,1-6H3. The molecule has 0 unspecified atom stereocenters. The monoisotopic (exact) mass is 318 g/mol. The highest BCUT2D eigenvalue weighted by atomic mass is 16.7. The molecule has 1 aromatic carbocycles. The van der Waals surface area contributed by atoms with Crippen molar-refractivity contribution in [2.75, 3.05) is 26.4 Å². The van der Waals surface area contributed by atoms with Gasteiger partial charge in [0.25, 0.3) is 0 Å². The number of ether oxygens (including phenoxy) is 1. The highest BCUT2D eigenvalue weighted by molar-refractivity contribution is 6.56. The number of nitrogens with two attached hydrogens (primary N) is 1. The van der Waals surface area contributed by atoms with Crippen LogP contribution in [-0.4, -0.2) is 39.0 Å². The third-order valence-corrected chi connectivity index (χ3v) is 4.57. The summed E-state index contributed by atoms with van der Waals surface area (Å²) in [6, 6.07) is 5.60. The van der Waals surface area contributed by atoms with Crippen LogP contribution in [0, 0.1) is 0 Å². The lowest BCUT2D eigenvalue weighted by Crippen LogP contribution is -2.41. The van der Waals surface area contributed by atoms with Gasteiger partial charge in [-0.15, -0.1) is 0 Å². The molecule has 0 atom stereocenters. The molecule has 23 heavy (non-hydrogen) atoms. The zero-order chi connectivity index (χ0) is 17.3. The number of hydrogen-bond acceptors (Lipinski definition) is 5. The first-order valence-corrected chi connectivity index (χ1v) is 7.84. The molecular weight excluding hydrogens is 291 g/mol. The molecule has 0 aliphatic carbocycles. The van der Waals surface area contributed by atoms with Crippen molar-refractivity contribution in [3.8, 4) is 5.75 Å². The van der Waals surface area contributed by atoms with Crippen LogP contribution in [0.4, 0.5) is 5.69 Å². The summed E-state index contributed by atoms with van der Waals surface area (Å²) in [5.41, 5.74) is 7.93. The minimum Gasteiger partial charge on any atom is -0.497 e. The Labute approximate surface area is 139 Å². The second-order valence-corrected chi connectivity index (χ2v) is 6.83. The summed E-state index contributed by atoms with van der Waals surface area (Å²) in [5.74, 6) is 0.767. The van der Waals surface area contributed by atoms with Gasteiger partial charge in [0.2, 0.25) is 0 Å². The quantitative estimate of drug-likeness (QED) is 0.645. The van der Waals surface area contributed by atoms with Gasteiger partial charge in [0.1, 0.15) is 5.75 Å². The summed E-state index contributed by atoms with van der Waals surface area (Å²) in [6.45, 7) is 8.83. The topological polar surface area (TPSA) is 65.7 Å². The van der Waals surface area contributed by atoms with E-state index in [1.807, 2.05) is 59.0 Å². The summed E-state index contributed by atoms with van der Waals surface area (Å²) in [4.78, 5) is 0. The second kappa shape index (κ2) is 6.55. The summed E-state index contributed by atoms with van der Waals surface area (Å²) >= 11 is 0. The van der Waals surface area contributed by atoms with E-state index in [9.17, 15) is 0 Å². The first-order chi connectivity index (χ1) is 10.7. The van der Waals surface area contributed by atoms with Gasteiger partial charge in [0.05, 0.1) is 18.3 Å². The van der Waals surface area contributed by atoms with Crippen LogP contribution >= 0.6 is 0 Å². The summed E-state index contributed by atoms with van der Waals surface area (Å²) < 4.78 is 17.6. The molecule has 1 saturated heterocycles. The first kappa shape index (κ1) is 17.9. The predicted molar refractivity (Wildman–Crippen MR) is 95.4 cm³/mol. The Morgan fingerprint density at radius 2 is 1.87 bits per heavy atom. The molecule has 0 aromatic heterocycles. The summed E-state index contributed by atoms with van der Waals surface area (Å²) in [5, 5.41) is 3.17. The molecule has 1 aliphatic rings. The van der Waals surface area contributed by atoms with E-state index >= 15 is 0 Å². The largest absolute Gasteiger partial charge is 0.497 e. The van der Waals surface area contributed by atoms with E-state index in [-0.39, 0.29) is 11.2 Å². The van der Waals surface area contributed by atoms with Gasteiger partial charge >= 0.3 is 7.12 Å². The highest BCUT2D eigenvalue weighted by Gasteiger charge is 2.52. The van der Waals surface area contributed by atoms with Crippen molar-refractivity contribution in [2.45, 2.75) is 38.9 Å². The lowest BCUT2D eigenvalue weighted by Gasteiger charge is -2.32. The fraction of sp³-hybridized carbons (Fsp3) is 0.529. The molecule has 0 bridgehead atoms. The predicted octanol–water partition coefficient (Wildman–Crippen LogP) is 2.51. The van der Waals surface area contributed by atoms with Crippen LogP contribution in [-0.2, 0) is 9.31 Å². The van der Waals surface area contributed by atoms with Crippen molar-refractivity contribution in [1.82, 2.24) is 5.32 Å². The average Bonchev–Trinajstić information content (AvgIpc) is 2.69. The molecule has 1 fully saturated rings. The van der Waals surface area contributed by atoms with Crippen molar-refractivity contribution < 1.29 is 14.0 Å². The minimum atomic E-state index is -0.405. The second-order valence-electron chi connectivity index (χ2n) is 6.83. The van der Waals surface area contributed by atoms with Gasteiger partial charge in [0.15, 0.2) is 0 Å². The summed E-state index contributed by atoms with van der Waals surface area (Å²) in [7, 11) is 3.13. The SMILES string of the molecule is CNCC(=Cc1cc(OC)ccc1N)B1OC(C)(C)C(C)(C)O1. The molecule has 1 heterocycles. The van der Waals surface area contributed by atoms with Gasteiger partial charge in [-0.3, -0.25) is 0 Å². The molecule has 0 saturated carbocycles. The number of hydrogen-bond donors (Lipinski definition) is 2. The lowest BCUT2D eigenvalue weighted by molar-refractivity contribution is 0.00578. The van der Waals surface area contributed by atoms with Crippen LogP contribution < -0.4 is 15.8 Å². The molecule has 2 rings (SSSR count). The van der Waals surface area contributed by atoms with Crippen LogP contribution in [0.15, 0.2) is 23.7 Å². The first-order valence-electron chi connectivity index (χ1n) is 7.84. The van der Waals surface area contributed by atoms with Gasteiger partial charge < -0.3 is 25.1 Å². The smallest absolute Gasteiger partial charge is 0.491 e. The molecule has 1 aliphatic heterocycles. The van der Waals surface area contributed by atoms with E-state index in [0.717, 1.165) is 16.8 Å². The van der Waals surface area contributed by atoms with E-state index < -0.39 is 7.12 Å². The third-order valence-electron chi connectivity index (χ3n) is 4.57. The number of methoxy groups -OCH3 is 1. The molecule has 1 aromatic rings. The van der Waals surface area contributed by atoms with Crippen LogP contribution in [0.1, 0.15) is 33.3 Å². The zero-order valence-corrected chi connectivity index (χ0v) is 14.9. The van der Waals surface area contributed by atoms with Gasteiger partial charge in [-0.05, 0) is 58.4 Å². The number of nitrogens with one attached hydrogen (secondary N) is 1. The van der Waals surface area contributed by atoms with Gasteiger partial charge in [-0.2, -0.15) is 0 Å². The van der Waals surface area contributed by atoms with Crippen LogP contribution in [0.3, 0.4) is 0 Å². The van der Waals surface area contributed by atoms with Gasteiger partial charge in [-0.25, -0.2) is 0 Å². The molecule has 0 spiro atoms. The van der Waals surface area contributed by atoms with E-state index in [2.05, 4.69) is 5.32 Å². The van der Waals surface area contributed by atoms with E-state index in [1.54, 1.807) is 7.11 Å².